The standard InChI is InChI=1S/C19H15BrFNO2S/c20-16-7-5-9-18(13-16)22(14-15-6-4-8-17(21)12-15)25(23,24)19-10-2-1-3-11-19/h1-13H,14H2. The van der Waals surface area contributed by atoms with E-state index in [1.54, 1.807) is 60.7 Å². The third-order valence-electron chi connectivity index (χ3n) is 3.64. The van der Waals surface area contributed by atoms with Crippen LogP contribution in [-0.2, 0) is 16.6 Å². The second-order valence-corrected chi connectivity index (χ2v) is 8.21. The minimum atomic E-state index is -3.79. The van der Waals surface area contributed by atoms with Crippen LogP contribution in [0.25, 0.3) is 0 Å². The van der Waals surface area contributed by atoms with Crippen LogP contribution in [0.2, 0.25) is 0 Å². The van der Waals surface area contributed by atoms with Gasteiger partial charge in [0.15, 0.2) is 0 Å². The zero-order valence-electron chi connectivity index (χ0n) is 13.1. The summed E-state index contributed by atoms with van der Waals surface area (Å²) in [5, 5.41) is 0. The van der Waals surface area contributed by atoms with E-state index in [1.165, 1.54) is 16.4 Å². The highest BCUT2D eigenvalue weighted by Gasteiger charge is 2.25. The molecule has 0 spiro atoms. The van der Waals surface area contributed by atoms with Crippen molar-refractivity contribution < 1.29 is 12.8 Å². The molecule has 0 bridgehead atoms. The summed E-state index contributed by atoms with van der Waals surface area (Å²) in [6, 6.07) is 21.2. The van der Waals surface area contributed by atoms with Crippen LogP contribution in [0.4, 0.5) is 10.1 Å². The lowest BCUT2D eigenvalue weighted by Crippen LogP contribution is -2.30. The second-order valence-electron chi connectivity index (χ2n) is 5.43. The maximum Gasteiger partial charge on any atom is 0.264 e. The van der Waals surface area contributed by atoms with Crippen molar-refractivity contribution in [2.75, 3.05) is 4.31 Å². The monoisotopic (exact) mass is 419 g/mol. The van der Waals surface area contributed by atoms with Crippen molar-refractivity contribution in [1.82, 2.24) is 0 Å². The molecule has 6 heteroatoms. The lowest BCUT2D eigenvalue weighted by atomic mass is 10.2. The minimum Gasteiger partial charge on any atom is -0.262 e. The van der Waals surface area contributed by atoms with E-state index in [-0.39, 0.29) is 11.4 Å². The maximum atomic E-state index is 13.5. The zero-order valence-corrected chi connectivity index (χ0v) is 15.5. The fourth-order valence-corrected chi connectivity index (χ4v) is 4.32. The van der Waals surface area contributed by atoms with E-state index in [0.29, 0.717) is 11.3 Å². The topological polar surface area (TPSA) is 37.4 Å². The van der Waals surface area contributed by atoms with Gasteiger partial charge in [-0.25, -0.2) is 12.8 Å². The first-order valence-corrected chi connectivity index (χ1v) is 9.78. The number of benzene rings is 3. The van der Waals surface area contributed by atoms with E-state index in [9.17, 15) is 12.8 Å². The number of sulfonamides is 1. The highest BCUT2D eigenvalue weighted by molar-refractivity contribution is 9.10. The van der Waals surface area contributed by atoms with Gasteiger partial charge in [0.1, 0.15) is 5.82 Å². The molecule has 0 N–H and O–H groups in total. The molecule has 25 heavy (non-hydrogen) atoms. The average Bonchev–Trinajstić information content (AvgIpc) is 2.60. The number of rotatable bonds is 5. The van der Waals surface area contributed by atoms with Crippen LogP contribution in [0.1, 0.15) is 5.56 Å². The van der Waals surface area contributed by atoms with Gasteiger partial charge in [0, 0.05) is 4.47 Å². The van der Waals surface area contributed by atoms with Crippen molar-refractivity contribution in [3.05, 3.63) is 94.7 Å². The average molecular weight is 420 g/mol. The Morgan fingerprint density at radius 3 is 2.28 bits per heavy atom. The Morgan fingerprint density at radius 2 is 1.60 bits per heavy atom. The fraction of sp³-hybridized carbons (Fsp3) is 0.0526. The van der Waals surface area contributed by atoms with E-state index in [2.05, 4.69) is 15.9 Å². The molecule has 0 aliphatic heterocycles. The van der Waals surface area contributed by atoms with Crippen molar-refractivity contribution in [3.63, 3.8) is 0 Å². The third-order valence-corrected chi connectivity index (χ3v) is 5.92. The predicted molar refractivity (Wildman–Crippen MR) is 100 cm³/mol. The molecule has 0 radical (unpaired) electrons. The van der Waals surface area contributed by atoms with Gasteiger partial charge in [-0.3, -0.25) is 4.31 Å². The minimum absolute atomic E-state index is 0.0332. The molecule has 0 aliphatic rings. The van der Waals surface area contributed by atoms with E-state index < -0.39 is 15.8 Å². The maximum absolute atomic E-state index is 13.5. The third kappa shape index (κ3) is 4.08. The lowest BCUT2D eigenvalue weighted by molar-refractivity contribution is 0.589. The molecular formula is C19H15BrFNO2S. The Bertz CT molecular complexity index is 977. The Balaban J connectivity index is 2.09. The van der Waals surface area contributed by atoms with E-state index in [4.69, 9.17) is 0 Å². The van der Waals surface area contributed by atoms with Gasteiger partial charge in [0.25, 0.3) is 10.0 Å². The molecule has 3 nitrogen and oxygen atoms in total. The SMILES string of the molecule is O=S(=O)(c1ccccc1)N(Cc1cccc(F)c1)c1cccc(Br)c1. The highest BCUT2D eigenvalue weighted by atomic mass is 79.9. The summed E-state index contributed by atoms with van der Waals surface area (Å²) in [5.74, 6) is -0.399. The Hall–Kier alpha value is -2.18. The van der Waals surface area contributed by atoms with Gasteiger partial charge in [-0.15, -0.1) is 0 Å². The molecule has 0 unspecified atom stereocenters. The molecule has 0 atom stereocenters. The van der Waals surface area contributed by atoms with Crippen LogP contribution in [0.3, 0.4) is 0 Å². The first kappa shape index (κ1) is 17.6. The van der Waals surface area contributed by atoms with Crippen LogP contribution < -0.4 is 4.31 Å². The molecule has 0 fully saturated rings. The quantitative estimate of drug-likeness (QED) is 0.584. The Morgan fingerprint density at radius 1 is 0.880 bits per heavy atom. The summed E-state index contributed by atoms with van der Waals surface area (Å²) >= 11 is 3.37. The molecule has 3 aromatic rings. The van der Waals surface area contributed by atoms with Gasteiger partial charge in [0.05, 0.1) is 17.1 Å². The second kappa shape index (κ2) is 7.37. The summed E-state index contributed by atoms with van der Waals surface area (Å²) in [4.78, 5) is 0.186. The molecular weight excluding hydrogens is 405 g/mol. The van der Waals surface area contributed by atoms with Crippen molar-refractivity contribution >= 4 is 31.6 Å². The van der Waals surface area contributed by atoms with Crippen LogP contribution >= 0.6 is 15.9 Å². The van der Waals surface area contributed by atoms with Crippen molar-refractivity contribution in [2.45, 2.75) is 11.4 Å². The molecule has 0 saturated heterocycles. The molecule has 0 aliphatic carbocycles. The molecule has 3 aromatic carbocycles. The van der Waals surface area contributed by atoms with Gasteiger partial charge in [0.2, 0.25) is 0 Å². The van der Waals surface area contributed by atoms with Crippen molar-refractivity contribution in [1.29, 1.82) is 0 Å². The number of halogens is 2. The van der Waals surface area contributed by atoms with E-state index in [1.807, 2.05) is 6.07 Å². The molecule has 0 saturated carbocycles. The number of hydrogen-bond donors (Lipinski definition) is 0. The van der Waals surface area contributed by atoms with Crippen molar-refractivity contribution in [2.24, 2.45) is 0 Å². The van der Waals surface area contributed by atoms with Gasteiger partial charge < -0.3 is 0 Å². The molecule has 128 valence electrons. The van der Waals surface area contributed by atoms with Gasteiger partial charge in [-0.2, -0.15) is 0 Å². The summed E-state index contributed by atoms with van der Waals surface area (Å²) < 4.78 is 41.9. The van der Waals surface area contributed by atoms with Crippen LogP contribution in [-0.4, -0.2) is 8.42 Å². The van der Waals surface area contributed by atoms with Crippen LogP contribution in [0.15, 0.2) is 88.2 Å². The van der Waals surface area contributed by atoms with Gasteiger partial charge in [-0.1, -0.05) is 52.3 Å². The molecule has 0 amide bonds. The lowest BCUT2D eigenvalue weighted by Gasteiger charge is -2.25. The first-order valence-electron chi connectivity index (χ1n) is 7.54. The molecule has 0 aromatic heterocycles. The normalized spacial score (nSPS) is 11.3. The van der Waals surface area contributed by atoms with E-state index >= 15 is 0 Å². The largest absolute Gasteiger partial charge is 0.264 e. The summed E-state index contributed by atoms with van der Waals surface area (Å²) in [6.07, 6.45) is 0. The van der Waals surface area contributed by atoms with Crippen LogP contribution in [0.5, 0.6) is 0 Å². The van der Waals surface area contributed by atoms with E-state index in [0.717, 1.165) is 4.47 Å². The predicted octanol–water partition coefficient (Wildman–Crippen LogP) is 4.98. The zero-order chi connectivity index (χ0) is 17.9. The van der Waals surface area contributed by atoms with Crippen molar-refractivity contribution in [3.8, 4) is 0 Å². The number of anilines is 1. The van der Waals surface area contributed by atoms with Crippen LogP contribution in [0, 0.1) is 5.82 Å². The summed E-state index contributed by atoms with van der Waals surface area (Å²) in [6.45, 7) is 0.0332. The molecule has 0 heterocycles. The van der Waals surface area contributed by atoms with Gasteiger partial charge in [-0.05, 0) is 48.0 Å². The highest BCUT2D eigenvalue weighted by Crippen LogP contribution is 2.28. The summed E-state index contributed by atoms with van der Waals surface area (Å²) in [7, 11) is -3.79. The first-order chi connectivity index (χ1) is 12.0. The Kier molecular flexibility index (Phi) is 5.20. The Labute approximate surface area is 154 Å². The number of hydrogen-bond acceptors (Lipinski definition) is 2. The van der Waals surface area contributed by atoms with Gasteiger partial charge >= 0.3 is 0 Å². The molecule has 3 rings (SSSR count). The smallest absolute Gasteiger partial charge is 0.262 e. The number of nitrogens with zero attached hydrogens (tertiary/aromatic N) is 1. The summed E-state index contributed by atoms with van der Waals surface area (Å²) in [5.41, 5.74) is 1.07. The fourth-order valence-electron chi connectivity index (χ4n) is 2.47.